The zero-order valence-electron chi connectivity index (χ0n) is 11.9. The molecule has 1 rings (SSSR count). The van der Waals surface area contributed by atoms with E-state index in [1.165, 1.54) is 0 Å². The van der Waals surface area contributed by atoms with Gasteiger partial charge < -0.3 is 10.2 Å². The number of hydrogen-bond acceptors (Lipinski definition) is 3. The lowest BCUT2D eigenvalue weighted by atomic mass is 9.60. The summed E-state index contributed by atoms with van der Waals surface area (Å²) < 4.78 is 0. The summed E-state index contributed by atoms with van der Waals surface area (Å²) >= 11 is 0. The third-order valence-corrected chi connectivity index (χ3v) is 3.96. The number of ketones is 1. The van der Waals surface area contributed by atoms with E-state index in [0.29, 0.717) is 18.4 Å². The van der Waals surface area contributed by atoms with Crippen molar-refractivity contribution in [3.05, 3.63) is 23.8 Å². The normalized spacial score (nSPS) is 31.7. The molecule has 0 aromatic heterocycles. The SMILES string of the molecule is CC(=C/C(=O)O)/C=C/C1(O)C(C)CC(=O)CC1(C)C. The number of carboxylic acid groups (broad SMARTS) is 1. The van der Waals surface area contributed by atoms with Crippen molar-refractivity contribution in [2.45, 2.75) is 46.1 Å². The maximum atomic E-state index is 11.6. The van der Waals surface area contributed by atoms with Crippen LogP contribution in [0.1, 0.15) is 40.5 Å². The van der Waals surface area contributed by atoms with E-state index in [9.17, 15) is 14.7 Å². The van der Waals surface area contributed by atoms with E-state index >= 15 is 0 Å². The molecule has 0 spiro atoms. The first-order valence-electron chi connectivity index (χ1n) is 6.43. The Bertz CT molecular complexity index is 445. The molecule has 1 fully saturated rings. The van der Waals surface area contributed by atoms with Crippen molar-refractivity contribution in [1.29, 1.82) is 0 Å². The molecule has 1 aliphatic carbocycles. The first-order chi connectivity index (χ1) is 8.58. The first-order valence-corrected chi connectivity index (χ1v) is 6.43. The molecule has 2 N–H and O–H groups in total. The predicted molar refractivity (Wildman–Crippen MR) is 72.7 cm³/mol. The molecule has 19 heavy (non-hydrogen) atoms. The molecule has 2 atom stereocenters. The van der Waals surface area contributed by atoms with Crippen molar-refractivity contribution in [2.75, 3.05) is 0 Å². The van der Waals surface area contributed by atoms with Crippen LogP contribution in [0.4, 0.5) is 0 Å². The van der Waals surface area contributed by atoms with Crippen LogP contribution in [0.5, 0.6) is 0 Å². The van der Waals surface area contributed by atoms with Gasteiger partial charge in [-0.1, -0.05) is 32.9 Å². The summed E-state index contributed by atoms with van der Waals surface area (Å²) in [5, 5.41) is 19.5. The second-order valence-corrected chi connectivity index (χ2v) is 6.09. The summed E-state index contributed by atoms with van der Waals surface area (Å²) in [6, 6.07) is 0. The number of aliphatic carboxylic acids is 1. The molecule has 0 heterocycles. The van der Waals surface area contributed by atoms with Gasteiger partial charge in [0.25, 0.3) is 0 Å². The van der Waals surface area contributed by atoms with Gasteiger partial charge in [0, 0.05) is 24.3 Å². The van der Waals surface area contributed by atoms with Crippen molar-refractivity contribution >= 4 is 11.8 Å². The van der Waals surface area contributed by atoms with Gasteiger partial charge in [-0.2, -0.15) is 0 Å². The fourth-order valence-electron chi connectivity index (χ4n) is 2.76. The Morgan fingerprint density at radius 3 is 2.47 bits per heavy atom. The van der Waals surface area contributed by atoms with Gasteiger partial charge in [0.2, 0.25) is 0 Å². The fraction of sp³-hybridized carbons (Fsp3) is 0.600. The minimum absolute atomic E-state index is 0.161. The van der Waals surface area contributed by atoms with E-state index in [1.807, 2.05) is 20.8 Å². The number of carbonyl (C=O) groups is 2. The summed E-state index contributed by atoms with van der Waals surface area (Å²) in [7, 11) is 0. The highest BCUT2D eigenvalue weighted by Crippen LogP contribution is 2.46. The quantitative estimate of drug-likeness (QED) is 0.607. The summed E-state index contributed by atoms with van der Waals surface area (Å²) in [4.78, 5) is 22.2. The van der Waals surface area contributed by atoms with Gasteiger partial charge in [0.1, 0.15) is 5.78 Å². The Morgan fingerprint density at radius 1 is 1.42 bits per heavy atom. The fourth-order valence-corrected chi connectivity index (χ4v) is 2.76. The molecule has 4 nitrogen and oxygen atoms in total. The van der Waals surface area contributed by atoms with Gasteiger partial charge in [0.15, 0.2) is 0 Å². The standard InChI is InChI=1S/C15H22O4/c1-10(7-13(17)18)5-6-15(19)11(2)8-12(16)9-14(15,3)4/h5-7,11,19H,8-9H2,1-4H3,(H,17,18)/b6-5+,10-7-. The van der Waals surface area contributed by atoms with Gasteiger partial charge in [0.05, 0.1) is 5.60 Å². The largest absolute Gasteiger partial charge is 0.478 e. The molecule has 0 aromatic carbocycles. The summed E-state index contributed by atoms with van der Waals surface area (Å²) in [6.45, 7) is 7.24. The smallest absolute Gasteiger partial charge is 0.328 e. The number of hydrogen-bond donors (Lipinski definition) is 2. The molecule has 0 radical (unpaired) electrons. The second kappa shape index (κ2) is 5.29. The van der Waals surface area contributed by atoms with Gasteiger partial charge in [-0.05, 0) is 18.4 Å². The Kier molecular flexibility index (Phi) is 4.35. The number of aliphatic hydroxyl groups is 1. The zero-order valence-corrected chi connectivity index (χ0v) is 11.9. The minimum Gasteiger partial charge on any atom is -0.478 e. The molecule has 0 saturated heterocycles. The third kappa shape index (κ3) is 3.32. The van der Waals surface area contributed by atoms with Gasteiger partial charge >= 0.3 is 5.97 Å². The van der Waals surface area contributed by atoms with E-state index in [1.54, 1.807) is 19.1 Å². The molecule has 0 amide bonds. The van der Waals surface area contributed by atoms with Crippen LogP contribution in [0, 0.1) is 11.3 Å². The van der Waals surface area contributed by atoms with Crippen molar-refractivity contribution < 1.29 is 19.8 Å². The zero-order chi connectivity index (χ0) is 14.8. The van der Waals surface area contributed by atoms with Gasteiger partial charge in [-0.25, -0.2) is 4.79 Å². The van der Waals surface area contributed by atoms with Crippen LogP contribution in [0.2, 0.25) is 0 Å². The Balaban J connectivity index is 3.04. The van der Waals surface area contributed by atoms with Crippen LogP contribution in [-0.4, -0.2) is 27.6 Å². The molecule has 4 heteroatoms. The molecule has 1 saturated carbocycles. The van der Waals surface area contributed by atoms with Crippen LogP contribution in [0.15, 0.2) is 23.8 Å². The minimum atomic E-state index is -1.10. The number of allylic oxidation sites excluding steroid dienone is 2. The molecule has 2 unspecified atom stereocenters. The second-order valence-electron chi connectivity index (χ2n) is 6.09. The molecule has 0 aromatic rings. The van der Waals surface area contributed by atoms with Crippen LogP contribution in [0.25, 0.3) is 0 Å². The lowest BCUT2D eigenvalue weighted by Gasteiger charge is -2.48. The lowest BCUT2D eigenvalue weighted by Crippen LogP contribution is -2.53. The maximum Gasteiger partial charge on any atom is 0.328 e. The molecule has 106 valence electrons. The number of rotatable bonds is 3. The Hall–Kier alpha value is -1.42. The average molecular weight is 266 g/mol. The highest BCUT2D eigenvalue weighted by Gasteiger charge is 2.50. The Labute approximate surface area is 113 Å². The number of carboxylic acids is 1. The topological polar surface area (TPSA) is 74.6 Å². The highest BCUT2D eigenvalue weighted by molar-refractivity contribution is 5.81. The van der Waals surface area contributed by atoms with E-state index < -0.39 is 17.0 Å². The van der Waals surface area contributed by atoms with E-state index in [4.69, 9.17) is 5.11 Å². The van der Waals surface area contributed by atoms with Crippen molar-refractivity contribution in [2.24, 2.45) is 11.3 Å². The van der Waals surface area contributed by atoms with Crippen LogP contribution in [0.3, 0.4) is 0 Å². The lowest BCUT2D eigenvalue weighted by molar-refractivity contribution is -0.142. The van der Waals surface area contributed by atoms with Crippen molar-refractivity contribution in [3.8, 4) is 0 Å². The monoisotopic (exact) mass is 266 g/mol. The molecule has 1 aliphatic rings. The molecular weight excluding hydrogens is 244 g/mol. The maximum absolute atomic E-state index is 11.6. The summed E-state index contributed by atoms with van der Waals surface area (Å²) in [6.07, 6.45) is 5.03. The summed E-state index contributed by atoms with van der Waals surface area (Å²) in [5.74, 6) is -1.04. The first kappa shape index (κ1) is 15.6. The third-order valence-electron chi connectivity index (χ3n) is 3.96. The molecule has 0 aliphatic heterocycles. The van der Waals surface area contributed by atoms with E-state index in [2.05, 4.69) is 0 Å². The van der Waals surface area contributed by atoms with Crippen molar-refractivity contribution in [1.82, 2.24) is 0 Å². The van der Waals surface area contributed by atoms with Crippen LogP contribution >= 0.6 is 0 Å². The predicted octanol–water partition coefficient (Wildman–Crippen LogP) is 2.33. The van der Waals surface area contributed by atoms with E-state index in [0.717, 1.165) is 6.08 Å². The molecular formula is C15H22O4. The summed E-state index contributed by atoms with van der Waals surface area (Å²) in [5.41, 5.74) is -1.10. The van der Waals surface area contributed by atoms with E-state index in [-0.39, 0.29) is 11.7 Å². The average Bonchev–Trinajstić information content (AvgIpc) is 2.21. The van der Waals surface area contributed by atoms with Crippen molar-refractivity contribution in [3.63, 3.8) is 0 Å². The van der Waals surface area contributed by atoms with Crippen LogP contribution in [-0.2, 0) is 9.59 Å². The van der Waals surface area contributed by atoms with Gasteiger partial charge in [-0.15, -0.1) is 0 Å². The van der Waals surface area contributed by atoms with Gasteiger partial charge in [-0.3, -0.25) is 4.79 Å². The number of Topliss-reactive ketones (excluding diaryl/α,β-unsaturated/α-hetero) is 1. The Morgan fingerprint density at radius 2 is 2.00 bits per heavy atom. The van der Waals surface area contributed by atoms with Crippen LogP contribution < -0.4 is 0 Å². The highest BCUT2D eigenvalue weighted by atomic mass is 16.4. The number of carbonyl (C=O) groups excluding carboxylic acids is 1. The molecule has 0 bridgehead atoms.